The number of hydrogen-bond donors (Lipinski definition) is 0. The highest BCUT2D eigenvalue weighted by molar-refractivity contribution is 8.26. The van der Waals surface area contributed by atoms with Crippen molar-refractivity contribution in [3.63, 3.8) is 0 Å². The summed E-state index contributed by atoms with van der Waals surface area (Å²) in [7, 11) is 0. The first-order valence-corrected chi connectivity index (χ1v) is 9.18. The first-order chi connectivity index (χ1) is 12.2. The molecule has 1 heterocycles. The number of thiocarbonyl (C=S) groups is 1. The SMILES string of the molecule is C=CCN1C(=O)/C(=C/c2c3ccccc3cc3ccccc23)SC1=S. The third-order valence-corrected chi connectivity index (χ3v) is 5.65. The Kier molecular flexibility index (Phi) is 4.15. The number of amides is 1. The summed E-state index contributed by atoms with van der Waals surface area (Å²) >= 11 is 6.70. The normalized spacial score (nSPS) is 16.3. The number of hydrogen-bond acceptors (Lipinski definition) is 3. The summed E-state index contributed by atoms with van der Waals surface area (Å²) in [5.41, 5.74) is 1.06. The van der Waals surface area contributed by atoms with Crippen molar-refractivity contribution >= 4 is 61.8 Å². The lowest BCUT2D eigenvalue weighted by molar-refractivity contribution is -0.121. The van der Waals surface area contributed by atoms with Gasteiger partial charge in [-0.2, -0.15) is 0 Å². The molecule has 0 N–H and O–H groups in total. The second-order valence-corrected chi connectivity index (χ2v) is 7.49. The van der Waals surface area contributed by atoms with E-state index in [-0.39, 0.29) is 5.91 Å². The average Bonchev–Trinajstić information content (AvgIpc) is 2.89. The van der Waals surface area contributed by atoms with Gasteiger partial charge in [-0.15, -0.1) is 6.58 Å². The summed E-state index contributed by atoms with van der Waals surface area (Å²) in [5, 5.41) is 4.59. The summed E-state index contributed by atoms with van der Waals surface area (Å²) in [4.78, 5) is 14.9. The molecule has 0 aromatic heterocycles. The molecule has 1 aliphatic heterocycles. The van der Waals surface area contributed by atoms with E-state index < -0.39 is 0 Å². The lowest BCUT2D eigenvalue weighted by Gasteiger charge is -2.11. The lowest BCUT2D eigenvalue weighted by Crippen LogP contribution is -2.27. The molecule has 3 aromatic carbocycles. The fraction of sp³-hybridized carbons (Fsp3) is 0.0476. The molecular formula is C21H15NOS2. The number of thioether (sulfide) groups is 1. The molecule has 4 heteroatoms. The molecule has 0 saturated carbocycles. The molecule has 1 amide bonds. The van der Waals surface area contributed by atoms with Crippen LogP contribution < -0.4 is 0 Å². The molecule has 0 atom stereocenters. The number of nitrogens with zero attached hydrogens (tertiary/aromatic N) is 1. The van der Waals surface area contributed by atoms with Crippen LogP contribution in [0.2, 0.25) is 0 Å². The molecule has 4 rings (SSSR count). The molecule has 1 fully saturated rings. The smallest absolute Gasteiger partial charge is 0.266 e. The van der Waals surface area contributed by atoms with E-state index in [9.17, 15) is 4.79 Å². The summed E-state index contributed by atoms with van der Waals surface area (Å²) in [6, 6.07) is 18.7. The van der Waals surface area contributed by atoms with Gasteiger partial charge in [-0.05, 0) is 39.3 Å². The molecule has 0 bridgehead atoms. The number of benzene rings is 3. The summed E-state index contributed by atoms with van der Waals surface area (Å²) in [6.45, 7) is 4.14. The van der Waals surface area contributed by atoms with Crippen molar-refractivity contribution in [1.29, 1.82) is 0 Å². The molecule has 25 heavy (non-hydrogen) atoms. The molecule has 3 aromatic rings. The second kappa shape index (κ2) is 6.47. The molecule has 2 nitrogen and oxygen atoms in total. The van der Waals surface area contributed by atoms with Gasteiger partial charge in [-0.1, -0.05) is 78.6 Å². The number of carbonyl (C=O) groups is 1. The minimum absolute atomic E-state index is 0.0492. The van der Waals surface area contributed by atoms with Gasteiger partial charge in [-0.25, -0.2) is 0 Å². The van der Waals surface area contributed by atoms with Gasteiger partial charge >= 0.3 is 0 Å². The Labute approximate surface area is 155 Å². The highest BCUT2D eigenvalue weighted by Gasteiger charge is 2.31. The quantitative estimate of drug-likeness (QED) is 0.270. The topological polar surface area (TPSA) is 20.3 Å². The van der Waals surface area contributed by atoms with Crippen LogP contribution in [-0.2, 0) is 4.79 Å². The summed E-state index contributed by atoms with van der Waals surface area (Å²) < 4.78 is 0.584. The number of rotatable bonds is 3. The fourth-order valence-electron chi connectivity index (χ4n) is 3.12. The van der Waals surface area contributed by atoms with Crippen LogP contribution in [-0.4, -0.2) is 21.7 Å². The summed E-state index contributed by atoms with van der Waals surface area (Å²) in [5.74, 6) is -0.0492. The van der Waals surface area contributed by atoms with Crippen molar-refractivity contribution < 1.29 is 4.79 Å². The van der Waals surface area contributed by atoms with Crippen molar-refractivity contribution in [3.05, 3.63) is 77.7 Å². The van der Waals surface area contributed by atoms with Gasteiger partial charge < -0.3 is 0 Å². The van der Waals surface area contributed by atoms with Crippen molar-refractivity contribution in [2.75, 3.05) is 6.54 Å². The van der Waals surface area contributed by atoms with Crippen LogP contribution in [0.15, 0.2) is 72.2 Å². The third-order valence-electron chi connectivity index (χ3n) is 4.27. The molecular weight excluding hydrogens is 346 g/mol. The van der Waals surface area contributed by atoms with Gasteiger partial charge in [0.25, 0.3) is 5.91 Å². The van der Waals surface area contributed by atoms with Crippen LogP contribution in [0.5, 0.6) is 0 Å². The van der Waals surface area contributed by atoms with Crippen molar-refractivity contribution in [2.24, 2.45) is 0 Å². The van der Waals surface area contributed by atoms with Gasteiger partial charge in [-0.3, -0.25) is 9.69 Å². The Balaban J connectivity index is 1.95. The Hall–Kier alpha value is -2.43. The predicted molar refractivity (Wildman–Crippen MR) is 112 cm³/mol. The van der Waals surface area contributed by atoms with Crippen LogP contribution in [0, 0.1) is 0 Å². The highest BCUT2D eigenvalue weighted by Crippen LogP contribution is 2.36. The lowest BCUT2D eigenvalue weighted by atomic mass is 9.96. The molecule has 1 aliphatic rings. The van der Waals surface area contributed by atoms with Crippen LogP contribution >= 0.6 is 24.0 Å². The first-order valence-electron chi connectivity index (χ1n) is 7.96. The maximum Gasteiger partial charge on any atom is 0.266 e. The van der Waals surface area contributed by atoms with E-state index in [1.165, 1.54) is 11.8 Å². The van der Waals surface area contributed by atoms with Crippen LogP contribution in [0.25, 0.3) is 27.6 Å². The van der Waals surface area contributed by atoms with Gasteiger partial charge in [0.2, 0.25) is 0 Å². The van der Waals surface area contributed by atoms with E-state index >= 15 is 0 Å². The second-order valence-electron chi connectivity index (χ2n) is 5.81. The van der Waals surface area contributed by atoms with Crippen molar-refractivity contribution in [3.8, 4) is 0 Å². The third kappa shape index (κ3) is 2.77. The maximum absolute atomic E-state index is 12.7. The summed E-state index contributed by atoms with van der Waals surface area (Å²) in [6.07, 6.45) is 3.67. The zero-order valence-electron chi connectivity index (χ0n) is 13.4. The Morgan fingerprint density at radius 1 is 1.04 bits per heavy atom. The van der Waals surface area contributed by atoms with E-state index in [2.05, 4.69) is 36.9 Å². The van der Waals surface area contributed by atoms with Gasteiger partial charge in [0.15, 0.2) is 0 Å². The molecule has 0 unspecified atom stereocenters. The van der Waals surface area contributed by atoms with Crippen LogP contribution in [0.1, 0.15) is 5.56 Å². The molecule has 122 valence electrons. The highest BCUT2D eigenvalue weighted by atomic mass is 32.2. The minimum Gasteiger partial charge on any atom is -0.289 e. The van der Waals surface area contributed by atoms with E-state index in [4.69, 9.17) is 12.2 Å². The molecule has 0 spiro atoms. The Bertz CT molecular complexity index is 1010. The van der Waals surface area contributed by atoms with E-state index in [1.54, 1.807) is 11.0 Å². The van der Waals surface area contributed by atoms with E-state index in [0.717, 1.165) is 27.1 Å². The standard InChI is InChI=1S/C21H15NOS2/c1-2-11-22-20(23)19(25-21(22)24)13-18-16-9-5-3-7-14(16)12-15-8-4-6-10-17(15)18/h2-10,12-13H,1,11H2/b19-13-. The minimum atomic E-state index is -0.0492. The molecule has 0 radical (unpaired) electrons. The van der Waals surface area contributed by atoms with Gasteiger partial charge in [0.05, 0.1) is 4.91 Å². The Morgan fingerprint density at radius 3 is 2.24 bits per heavy atom. The van der Waals surface area contributed by atoms with Crippen molar-refractivity contribution in [1.82, 2.24) is 4.90 Å². The average molecular weight is 361 g/mol. The van der Waals surface area contributed by atoms with Gasteiger partial charge in [0.1, 0.15) is 4.32 Å². The zero-order valence-corrected chi connectivity index (χ0v) is 15.1. The first kappa shape index (κ1) is 16.1. The predicted octanol–water partition coefficient (Wildman–Crippen LogP) is 5.38. The largest absolute Gasteiger partial charge is 0.289 e. The number of fused-ring (bicyclic) bond motifs is 2. The van der Waals surface area contributed by atoms with Gasteiger partial charge in [0, 0.05) is 6.54 Å². The van der Waals surface area contributed by atoms with Crippen LogP contribution in [0.3, 0.4) is 0 Å². The molecule has 1 saturated heterocycles. The Morgan fingerprint density at radius 2 is 1.64 bits per heavy atom. The zero-order chi connectivity index (χ0) is 17.4. The van der Waals surface area contributed by atoms with E-state index in [0.29, 0.717) is 15.8 Å². The fourth-order valence-corrected chi connectivity index (χ4v) is 4.38. The number of carbonyl (C=O) groups excluding carboxylic acids is 1. The molecule has 0 aliphatic carbocycles. The van der Waals surface area contributed by atoms with E-state index in [1.807, 2.05) is 30.3 Å². The van der Waals surface area contributed by atoms with Crippen molar-refractivity contribution in [2.45, 2.75) is 0 Å². The van der Waals surface area contributed by atoms with Crippen LogP contribution in [0.4, 0.5) is 0 Å². The monoisotopic (exact) mass is 361 g/mol. The maximum atomic E-state index is 12.7.